The molecule has 0 aliphatic rings. The smallest absolute Gasteiger partial charge is 0.358 e. The zero-order valence-corrected chi connectivity index (χ0v) is 12.9. The Morgan fingerprint density at radius 1 is 1.43 bits per heavy atom. The standard InChI is InChI=1S/C12H11N5O2S2/c1-6-11(21-7(2)14-6)10-9(12(18)19)15-16-17(10)3-8-4-20-5-13-8/h4-5H,3H2,1-2H3,(H,18,19). The molecule has 0 bridgehead atoms. The number of carboxylic acids is 1. The van der Waals surface area contributed by atoms with Crippen LogP contribution in [-0.4, -0.2) is 36.0 Å². The first-order valence-electron chi connectivity index (χ1n) is 6.04. The molecule has 0 aromatic carbocycles. The number of aromatic nitrogens is 5. The van der Waals surface area contributed by atoms with E-state index in [0.29, 0.717) is 12.2 Å². The van der Waals surface area contributed by atoms with Crippen molar-refractivity contribution in [3.05, 3.63) is 33.0 Å². The van der Waals surface area contributed by atoms with Gasteiger partial charge in [-0.3, -0.25) is 0 Å². The highest BCUT2D eigenvalue weighted by molar-refractivity contribution is 7.15. The van der Waals surface area contributed by atoms with Gasteiger partial charge in [0.2, 0.25) is 0 Å². The number of aromatic carboxylic acids is 1. The minimum absolute atomic E-state index is 0.0584. The summed E-state index contributed by atoms with van der Waals surface area (Å²) >= 11 is 2.92. The van der Waals surface area contributed by atoms with Crippen LogP contribution in [0.1, 0.15) is 26.9 Å². The molecule has 0 amide bonds. The molecule has 1 N–H and O–H groups in total. The van der Waals surface area contributed by atoms with Crippen LogP contribution >= 0.6 is 22.7 Å². The van der Waals surface area contributed by atoms with Crippen molar-refractivity contribution in [2.75, 3.05) is 0 Å². The van der Waals surface area contributed by atoms with Crippen molar-refractivity contribution in [2.45, 2.75) is 20.4 Å². The quantitative estimate of drug-likeness (QED) is 0.792. The van der Waals surface area contributed by atoms with Crippen molar-refractivity contribution >= 4 is 28.6 Å². The second kappa shape index (κ2) is 5.34. The summed E-state index contributed by atoms with van der Waals surface area (Å²) < 4.78 is 1.57. The molecule has 7 nitrogen and oxygen atoms in total. The maximum absolute atomic E-state index is 11.4. The second-order valence-corrected chi connectivity index (χ2v) is 6.30. The third kappa shape index (κ3) is 2.57. The van der Waals surface area contributed by atoms with Crippen LogP contribution in [0, 0.1) is 13.8 Å². The molecule has 0 aliphatic heterocycles. The number of carbonyl (C=O) groups is 1. The van der Waals surface area contributed by atoms with Crippen LogP contribution in [0.4, 0.5) is 0 Å². The minimum Gasteiger partial charge on any atom is -0.476 e. The van der Waals surface area contributed by atoms with Gasteiger partial charge >= 0.3 is 5.97 Å². The molecule has 3 aromatic heterocycles. The fourth-order valence-corrected chi connectivity index (χ4v) is 3.53. The Bertz CT molecular complexity index is 791. The average molecular weight is 321 g/mol. The van der Waals surface area contributed by atoms with Crippen LogP contribution in [0.3, 0.4) is 0 Å². The van der Waals surface area contributed by atoms with Crippen LogP contribution in [0.25, 0.3) is 10.6 Å². The lowest BCUT2D eigenvalue weighted by Gasteiger charge is -2.04. The van der Waals surface area contributed by atoms with Crippen molar-refractivity contribution < 1.29 is 9.90 Å². The van der Waals surface area contributed by atoms with Crippen LogP contribution in [0.15, 0.2) is 10.9 Å². The van der Waals surface area contributed by atoms with E-state index in [9.17, 15) is 9.90 Å². The Kier molecular flexibility index (Phi) is 3.52. The van der Waals surface area contributed by atoms with E-state index in [1.54, 1.807) is 10.2 Å². The summed E-state index contributed by atoms with van der Waals surface area (Å²) in [7, 11) is 0. The van der Waals surface area contributed by atoms with Gasteiger partial charge in [0.15, 0.2) is 5.69 Å². The molecule has 0 saturated carbocycles. The van der Waals surface area contributed by atoms with E-state index in [0.717, 1.165) is 21.3 Å². The SMILES string of the molecule is Cc1nc(C)c(-c2c(C(=O)O)nnn2Cc2cscn2)s1. The number of thiazole rings is 2. The minimum atomic E-state index is -1.10. The zero-order valence-electron chi connectivity index (χ0n) is 11.3. The van der Waals surface area contributed by atoms with Gasteiger partial charge < -0.3 is 5.11 Å². The van der Waals surface area contributed by atoms with E-state index in [4.69, 9.17) is 0 Å². The largest absolute Gasteiger partial charge is 0.476 e. The molecule has 0 radical (unpaired) electrons. The summed E-state index contributed by atoms with van der Waals surface area (Å²) in [5.41, 5.74) is 3.76. The van der Waals surface area contributed by atoms with Gasteiger partial charge in [0, 0.05) is 5.38 Å². The van der Waals surface area contributed by atoms with E-state index in [2.05, 4.69) is 20.3 Å². The van der Waals surface area contributed by atoms with Gasteiger partial charge in [-0.2, -0.15) is 0 Å². The zero-order chi connectivity index (χ0) is 15.0. The van der Waals surface area contributed by atoms with Crippen LogP contribution in [0.5, 0.6) is 0 Å². The lowest BCUT2D eigenvalue weighted by atomic mass is 10.2. The number of aryl methyl sites for hydroxylation is 2. The number of rotatable bonds is 4. The van der Waals surface area contributed by atoms with Crippen molar-refractivity contribution in [2.24, 2.45) is 0 Å². The molecule has 9 heteroatoms. The monoisotopic (exact) mass is 321 g/mol. The van der Waals surface area contributed by atoms with E-state index >= 15 is 0 Å². The molecule has 0 saturated heterocycles. The van der Waals surface area contributed by atoms with Gasteiger partial charge in [0.1, 0.15) is 5.69 Å². The molecule has 108 valence electrons. The fourth-order valence-electron chi connectivity index (χ4n) is 2.01. The number of hydrogen-bond acceptors (Lipinski definition) is 7. The highest BCUT2D eigenvalue weighted by atomic mass is 32.1. The first-order valence-corrected chi connectivity index (χ1v) is 7.80. The van der Waals surface area contributed by atoms with Crippen molar-refractivity contribution in [1.82, 2.24) is 25.0 Å². The topological polar surface area (TPSA) is 93.8 Å². The summed E-state index contributed by atoms with van der Waals surface area (Å²) in [6.45, 7) is 4.12. The lowest BCUT2D eigenvalue weighted by molar-refractivity contribution is 0.0691. The predicted molar refractivity (Wildman–Crippen MR) is 78.8 cm³/mol. The Hall–Kier alpha value is -2.13. The Balaban J connectivity index is 2.13. The van der Waals surface area contributed by atoms with Gasteiger partial charge in [-0.25, -0.2) is 19.4 Å². The normalized spacial score (nSPS) is 11.0. The molecule has 3 aromatic rings. The molecule has 0 spiro atoms. The summed E-state index contributed by atoms with van der Waals surface area (Å²) in [6, 6.07) is 0. The molecule has 3 heterocycles. The Morgan fingerprint density at radius 3 is 2.81 bits per heavy atom. The van der Waals surface area contributed by atoms with Gasteiger partial charge in [-0.05, 0) is 13.8 Å². The first-order chi connectivity index (χ1) is 10.1. The highest BCUT2D eigenvalue weighted by Gasteiger charge is 2.24. The average Bonchev–Trinajstić information content (AvgIpc) is 3.11. The molecular weight excluding hydrogens is 310 g/mol. The molecule has 0 unspecified atom stereocenters. The van der Waals surface area contributed by atoms with Gasteiger partial charge in [0.25, 0.3) is 0 Å². The molecule has 0 aliphatic carbocycles. The first kappa shape index (κ1) is 13.8. The van der Waals surface area contributed by atoms with E-state index in [-0.39, 0.29) is 5.69 Å². The van der Waals surface area contributed by atoms with E-state index in [1.807, 2.05) is 19.2 Å². The number of hydrogen-bond donors (Lipinski definition) is 1. The van der Waals surface area contributed by atoms with Crippen LogP contribution < -0.4 is 0 Å². The van der Waals surface area contributed by atoms with Crippen molar-refractivity contribution in [1.29, 1.82) is 0 Å². The third-order valence-electron chi connectivity index (χ3n) is 2.85. The molecule has 0 fully saturated rings. The Labute approximate surface area is 127 Å². The molecule has 3 rings (SSSR count). The van der Waals surface area contributed by atoms with Crippen molar-refractivity contribution in [3.8, 4) is 10.6 Å². The molecular formula is C12H11N5O2S2. The summed E-state index contributed by atoms with van der Waals surface area (Å²) in [6.07, 6.45) is 0. The maximum Gasteiger partial charge on any atom is 0.358 e. The third-order valence-corrected chi connectivity index (χ3v) is 4.57. The van der Waals surface area contributed by atoms with Crippen LogP contribution in [-0.2, 0) is 6.54 Å². The predicted octanol–water partition coefficient (Wildman–Crippen LogP) is 2.22. The molecule has 0 atom stereocenters. The van der Waals surface area contributed by atoms with E-state index < -0.39 is 5.97 Å². The second-order valence-electron chi connectivity index (χ2n) is 4.38. The molecule has 21 heavy (non-hydrogen) atoms. The summed E-state index contributed by atoms with van der Waals surface area (Å²) in [4.78, 5) is 20.7. The summed E-state index contributed by atoms with van der Waals surface area (Å²) in [5.74, 6) is -1.10. The highest BCUT2D eigenvalue weighted by Crippen LogP contribution is 2.31. The number of carboxylic acid groups (broad SMARTS) is 1. The van der Waals surface area contributed by atoms with E-state index in [1.165, 1.54) is 22.7 Å². The summed E-state index contributed by atoms with van der Waals surface area (Å²) in [5, 5.41) is 19.9. The van der Waals surface area contributed by atoms with Gasteiger partial charge in [-0.15, -0.1) is 27.8 Å². The maximum atomic E-state index is 11.4. The van der Waals surface area contributed by atoms with Gasteiger partial charge in [0.05, 0.1) is 33.3 Å². The Morgan fingerprint density at radius 2 is 2.24 bits per heavy atom. The van der Waals surface area contributed by atoms with Crippen molar-refractivity contribution in [3.63, 3.8) is 0 Å². The number of nitrogens with zero attached hydrogens (tertiary/aromatic N) is 5. The van der Waals surface area contributed by atoms with Gasteiger partial charge in [-0.1, -0.05) is 5.21 Å². The fraction of sp³-hybridized carbons (Fsp3) is 0.250. The van der Waals surface area contributed by atoms with Crippen LogP contribution in [0.2, 0.25) is 0 Å². The lowest BCUT2D eigenvalue weighted by Crippen LogP contribution is -2.06.